The van der Waals surface area contributed by atoms with Crippen LogP contribution >= 0.6 is 23.1 Å². The van der Waals surface area contributed by atoms with Crippen molar-refractivity contribution < 1.29 is 9.90 Å². The van der Waals surface area contributed by atoms with Crippen LogP contribution < -0.4 is 5.32 Å². The average Bonchev–Trinajstić information content (AvgIpc) is 3.14. The molecular weight excluding hydrogens is 302 g/mol. The zero-order valence-electron chi connectivity index (χ0n) is 11.7. The number of amides is 1. The second kappa shape index (κ2) is 5.83. The summed E-state index contributed by atoms with van der Waals surface area (Å²) >= 11 is 3.21. The molecule has 0 spiro atoms. The van der Waals surface area contributed by atoms with Crippen molar-refractivity contribution in [1.82, 2.24) is 5.32 Å². The predicted octanol–water partition coefficient (Wildman–Crippen LogP) is 2.96. The van der Waals surface area contributed by atoms with E-state index in [0.29, 0.717) is 0 Å². The number of carbonyl (C=O) groups excluding carboxylic acids is 1. The first-order chi connectivity index (χ1) is 10.1. The fourth-order valence-corrected chi connectivity index (χ4v) is 4.45. The number of rotatable bonds is 4. The largest absolute Gasteiger partial charge is 0.383 e. The second-order valence-corrected chi connectivity index (χ2v) is 7.38. The lowest BCUT2D eigenvalue weighted by Crippen LogP contribution is -2.40. The van der Waals surface area contributed by atoms with Crippen LogP contribution in [0.1, 0.15) is 23.3 Å². The molecule has 1 aromatic heterocycles. The maximum atomic E-state index is 12.4. The van der Waals surface area contributed by atoms with Gasteiger partial charge in [-0.1, -0.05) is 24.3 Å². The lowest BCUT2D eigenvalue weighted by Gasteiger charge is -2.23. The molecule has 110 valence electrons. The topological polar surface area (TPSA) is 49.3 Å². The molecule has 3 rings (SSSR count). The van der Waals surface area contributed by atoms with Gasteiger partial charge in [-0.05, 0) is 30.0 Å². The summed E-state index contributed by atoms with van der Waals surface area (Å²) in [5.41, 5.74) is 0.0745. The fraction of sp³-hybridized carbons (Fsp3) is 0.312. The summed E-state index contributed by atoms with van der Waals surface area (Å²) in [7, 11) is 0. The van der Waals surface area contributed by atoms with E-state index in [0.717, 1.165) is 16.2 Å². The minimum Gasteiger partial charge on any atom is -0.383 e. The first kappa shape index (κ1) is 14.6. The van der Waals surface area contributed by atoms with E-state index in [1.54, 1.807) is 18.7 Å². The number of aliphatic hydroxyl groups is 1. The van der Waals surface area contributed by atoms with Crippen molar-refractivity contribution in [2.24, 2.45) is 0 Å². The third-order valence-electron chi connectivity index (χ3n) is 3.68. The molecular formula is C16H17NO2S2. The molecule has 21 heavy (non-hydrogen) atoms. The zero-order valence-corrected chi connectivity index (χ0v) is 13.3. The molecule has 3 nitrogen and oxygen atoms in total. The molecule has 1 amide bonds. The maximum absolute atomic E-state index is 12.4. The van der Waals surface area contributed by atoms with E-state index in [4.69, 9.17) is 0 Å². The zero-order chi connectivity index (χ0) is 14.9. The van der Waals surface area contributed by atoms with Crippen LogP contribution in [0.4, 0.5) is 0 Å². The van der Waals surface area contributed by atoms with Crippen LogP contribution in [-0.4, -0.2) is 23.3 Å². The summed E-state index contributed by atoms with van der Waals surface area (Å²) in [5.74, 6) is 0.640. The number of hydrogen-bond donors (Lipinski definition) is 2. The third-order valence-corrected chi connectivity index (χ3v) is 5.98. The lowest BCUT2D eigenvalue weighted by atomic mass is 9.99. The van der Waals surface area contributed by atoms with Gasteiger partial charge in [-0.2, -0.15) is 0 Å². The number of carbonyl (C=O) groups is 1. The van der Waals surface area contributed by atoms with Crippen molar-refractivity contribution in [3.8, 4) is 0 Å². The molecule has 0 saturated carbocycles. The monoisotopic (exact) mass is 319 g/mol. The summed E-state index contributed by atoms with van der Waals surface area (Å²) in [6.45, 7) is 1.96. The molecule has 0 fully saturated rings. The molecule has 2 atom stereocenters. The van der Waals surface area contributed by atoms with E-state index < -0.39 is 5.60 Å². The Labute approximate surface area is 132 Å². The van der Waals surface area contributed by atoms with Crippen LogP contribution in [0.3, 0.4) is 0 Å². The molecule has 0 saturated heterocycles. The van der Waals surface area contributed by atoms with Crippen molar-refractivity contribution >= 4 is 29.0 Å². The average molecular weight is 319 g/mol. The number of benzene rings is 1. The van der Waals surface area contributed by atoms with Gasteiger partial charge in [0.2, 0.25) is 5.91 Å². The molecule has 2 N–H and O–H groups in total. The summed E-state index contributed by atoms with van der Waals surface area (Å²) < 4.78 is 0. The number of hydrogen-bond acceptors (Lipinski definition) is 4. The predicted molar refractivity (Wildman–Crippen MR) is 86.8 cm³/mol. The molecule has 2 aromatic rings. The van der Waals surface area contributed by atoms with E-state index in [-0.39, 0.29) is 18.4 Å². The van der Waals surface area contributed by atoms with E-state index in [2.05, 4.69) is 11.4 Å². The Balaban J connectivity index is 1.66. The molecule has 0 aliphatic carbocycles. The van der Waals surface area contributed by atoms with Gasteiger partial charge >= 0.3 is 0 Å². The van der Waals surface area contributed by atoms with Crippen LogP contribution in [0.2, 0.25) is 0 Å². The van der Waals surface area contributed by atoms with Crippen molar-refractivity contribution in [1.29, 1.82) is 0 Å². The molecule has 2 heterocycles. The van der Waals surface area contributed by atoms with Crippen molar-refractivity contribution in [2.75, 3.05) is 12.3 Å². The minimum atomic E-state index is -1.02. The van der Waals surface area contributed by atoms with Gasteiger partial charge in [0.05, 0.1) is 12.5 Å². The van der Waals surface area contributed by atoms with Crippen LogP contribution in [0.15, 0.2) is 46.7 Å². The summed E-state index contributed by atoms with van der Waals surface area (Å²) in [4.78, 5) is 14.4. The Hall–Kier alpha value is -1.30. The lowest BCUT2D eigenvalue weighted by molar-refractivity contribution is -0.123. The molecule has 1 aromatic carbocycles. The van der Waals surface area contributed by atoms with Gasteiger partial charge in [0.15, 0.2) is 0 Å². The maximum Gasteiger partial charge on any atom is 0.228 e. The van der Waals surface area contributed by atoms with Crippen molar-refractivity contribution in [3.63, 3.8) is 0 Å². The van der Waals surface area contributed by atoms with Gasteiger partial charge in [0.1, 0.15) is 5.60 Å². The summed E-state index contributed by atoms with van der Waals surface area (Å²) in [5, 5.41) is 15.3. The Bertz CT molecular complexity index is 637. The van der Waals surface area contributed by atoms with Gasteiger partial charge < -0.3 is 10.4 Å². The Kier molecular flexibility index (Phi) is 4.06. The van der Waals surface area contributed by atoms with Crippen LogP contribution in [0, 0.1) is 0 Å². The Morgan fingerprint density at radius 2 is 2.19 bits per heavy atom. The normalized spacial score (nSPS) is 19.8. The number of nitrogens with one attached hydrogen (secondary N) is 1. The third kappa shape index (κ3) is 3.00. The highest BCUT2D eigenvalue weighted by molar-refractivity contribution is 7.99. The van der Waals surface area contributed by atoms with Gasteiger partial charge in [0.25, 0.3) is 0 Å². The van der Waals surface area contributed by atoms with Gasteiger partial charge in [-0.3, -0.25) is 4.79 Å². The standard InChI is InChI=1S/C16H17NO2S2/c1-16(19,14-7-4-8-20-14)10-17-15(18)12-9-21-13-6-3-2-5-11(12)13/h2-8,12,19H,9-10H2,1H3,(H,17,18). The second-order valence-electron chi connectivity index (χ2n) is 5.37. The molecule has 1 aliphatic heterocycles. The highest BCUT2D eigenvalue weighted by Gasteiger charge is 2.31. The highest BCUT2D eigenvalue weighted by Crippen LogP contribution is 2.39. The van der Waals surface area contributed by atoms with Crippen LogP contribution in [0.5, 0.6) is 0 Å². The molecule has 0 radical (unpaired) electrons. The smallest absolute Gasteiger partial charge is 0.228 e. The first-order valence-electron chi connectivity index (χ1n) is 6.84. The number of thiophene rings is 1. The van der Waals surface area contributed by atoms with Gasteiger partial charge in [0, 0.05) is 15.5 Å². The summed E-state index contributed by atoms with van der Waals surface area (Å²) in [6, 6.07) is 11.8. The van der Waals surface area contributed by atoms with Crippen LogP contribution in [0.25, 0.3) is 0 Å². The highest BCUT2D eigenvalue weighted by atomic mass is 32.2. The first-order valence-corrected chi connectivity index (χ1v) is 8.70. The van der Waals surface area contributed by atoms with Crippen molar-refractivity contribution in [3.05, 3.63) is 52.2 Å². The quantitative estimate of drug-likeness (QED) is 0.911. The van der Waals surface area contributed by atoms with E-state index in [1.807, 2.05) is 35.7 Å². The molecule has 2 unspecified atom stereocenters. The molecule has 0 bridgehead atoms. The molecule has 5 heteroatoms. The minimum absolute atomic E-state index is 0.00992. The van der Waals surface area contributed by atoms with E-state index in [9.17, 15) is 9.90 Å². The van der Waals surface area contributed by atoms with Gasteiger partial charge in [-0.15, -0.1) is 23.1 Å². The van der Waals surface area contributed by atoms with Crippen LogP contribution in [-0.2, 0) is 10.4 Å². The Morgan fingerprint density at radius 3 is 2.95 bits per heavy atom. The fourth-order valence-electron chi connectivity index (χ4n) is 2.43. The number of thioether (sulfide) groups is 1. The van der Waals surface area contributed by atoms with E-state index >= 15 is 0 Å². The van der Waals surface area contributed by atoms with E-state index in [1.165, 1.54) is 16.2 Å². The van der Waals surface area contributed by atoms with Gasteiger partial charge in [-0.25, -0.2) is 0 Å². The van der Waals surface area contributed by atoms with Crippen molar-refractivity contribution in [2.45, 2.75) is 23.3 Å². The molecule has 1 aliphatic rings. The Morgan fingerprint density at radius 1 is 1.38 bits per heavy atom. The SMILES string of the molecule is CC(O)(CNC(=O)C1CSc2ccccc21)c1cccs1. The number of fused-ring (bicyclic) bond motifs is 1. The summed E-state index contributed by atoms with van der Waals surface area (Å²) in [6.07, 6.45) is 0.